The fourth-order valence-corrected chi connectivity index (χ4v) is 1.21. The Bertz CT molecular complexity index is 154. The SMILES string of the molecule is CC1(C)CC(=O)OC1CN. The fourth-order valence-electron chi connectivity index (χ4n) is 1.21. The molecule has 0 aromatic carbocycles. The Labute approximate surface area is 60.5 Å². The summed E-state index contributed by atoms with van der Waals surface area (Å²) < 4.78 is 4.96. The van der Waals surface area contributed by atoms with Crippen LogP contribution in [0.15, 0.2) is 0 Å². The van der Waals surface area contributed by atoms with Crippen molar-refractivity contribution in [2.75, 3.05) is 6.54 Å². The Morgan fingerprint density at radius 2 is 2.40 bits per heavy atom. The third kappa shape index (κ3) is 1.14. The minimum absolute atomic E-state index is 0.0637. The van der Waals surface area contributed by atoms with Crippen molar-refractivity contribution in [3.63, 3.8) is 0 Å². The third-order valence-corrected chi connectivity index (χ3v) is 1.96. The molecule has 0 spiro atoms. The van der Waals surface area contributed by atoms with E-state index in [2.05, 4.69) is 0 Å². The van der Waals surface area contributed by atoms with Crippen molar-refractivity contribution in [2.24, 2.45) is 11.1 Å². The van der Waals surface area contributed by atoms with Crippen LogP contribution < -0.4 is 5.73 Å². The minimum atomic E-state index is -0.125. The lowest BCUT2D eigenvalue weighted by Crippen LogP contribution is -2.31. The highest BCUT2D eigenvalue weighted by atomic mass is 16.6. The Morgan fingerprint density at radius 1 is 1.80 bits per heavy atom. The first kappa shape index (κ1) is 7.54. The number of carbonyl (C=O) groups is 1. The summed E-state index contributed by atoms with van der Waals surface area (Å²) in [6.07, 6.45) is 0.412. The summed E-state index contributed by atoms with van der Waals surface area (Å²) >= 11 is 0. The smallest absolute Gasteiger partial charge is 0.306 e. The number of hydrogen-bond acceptors (Lipinski definition) is 3. The Kier molecular flexibility index (Phi) is 1.68. The van der Waals surface area contributed by atoms with Gasteiger partial charge in [0.25, 0.3) is 0 Å². The average molecular weight is 143 g/mol. The molecule has 3 nitrogen and oxygen atoms in total. The van der Waals surface area contributed by atoms with E-state index in [-0.39, 0.29) is 17.5 Å². The summed E-state index contributed by atoms with van der Waals surface area (Å²) in [6, 6.07) is 0. The first-order valence-electron chi connectivity index (χ1n) is 3.46. The number of rotatable bonds is 1. The van der Waals surface area contributed by atoms with Crippen LogP contribution in [0.4, 0.5) is 0 Å². The van der Waals surface area contributed by atoms with Gasteiger partial charge in [0.1, 0.15) is 6.10 Å². The van der Waals surface area contributed by atoms with E-state index in [9.17, 15) is 4.79 Å². The summed E-state index contributed by atoms with van der Waals surface area (Å²) in [4.78, 5) is 10.8. The zero-order chi connectivity index (χ0) is 7.78. The molecule has 0 radical (unpaired) electrons. The lowest BCUT2D eigenvalue weighted by molar-refractivity contribution is -0.141. The van der Waals surface area contributed by atoms with E-state index in [4.69, 9.17) is 10.5 Å². The number of cyclic esters (lactones) is 1. The molecule has 0 saturated carbocycles. The summed E-state index contributed by atoms with van der Waals surface area (Å²) in [5.41, 5.74) is 5.33. The molecule has 1 aliphatic heterocycles. The van der Waals surface area contributed by atoms with Crippen LogP contribution in [0.5, 0.6) is 0 Å². The van der Waals surface area contributed by atoms with Gasteiger partial charge in [-0.2, -0.15) is 0 Å². The van der Waals surface area contributed by atoms with Gasteiger partial charge in [-0.3, -0.25) is 4.79 Å². The van der Waals surface area contributed by atoms with E-state index in [1.54, 1.807) is 0 Å². The van der Waals surface area contributed by atoms with E-state index in [1.165, 1.54) is 0 Å². The van der Waals surface area contributed by atoms with Crippen molar-refractivity contribution >= 4 is 5.97 Å². The molecular weight excluding hydrogens is 130 g/mol. The molecule has 1 atom stereocenters. The van der Waals surface area contributed by atoms with Gasteiger partial charge >= 0.3 is 5.97 Å². The quantitative estimate of drug-likeness (QED) is 0.537. The molecule has 1 rings (SSSR count). The van der Waals surface area contributed by atoms with E-state index < -0.39 is 0 Å². The normalized spacial score (nSPS) is 30.3. The topological polar surface area (TPSA) is 52.3 Å². The van der Waals surface area contributed by atoms with Crippen molar-refractivity contribution in [2.45, 2.75) is 26.4 Å². The summed E-state index contributed by atoms with van der Waals surface area (Å²) in [7, 11) is 0. The second kappa shape index (κ2) is 2.23. The largest absolute Gasteiger partial charge is 0.460 e. The molecule has 0 aliphatic carbocycles. The Hall–Kier alpha value is -0.570. The van der Waals surface area contributed by atoms with Gasteiger partial charge in [0.05, 0.1) is 6.42 Å². The van der Waals surface area contributed by atoms with E-state index in [1.807, 2.05) is 13.8 Å². The maximum absolute atomic E-state index is 10.8. The molecule has 0 aromatic heterocycles. The molecule has 1 heterocycles. The van der Waals surface area contributed by atoms with Crippen LogP contribution in [0.3, 0.4) is 0 Å². The number of esters is 1. The summed E-state index contributed by atoms with van der Waals surface area (Å²) in [6.45, 7) is 4.42. The van der Waals surface area contributed by atoms with Crippen molar-refractivity contribution < 1.29 is 9.53 Å². The molecule has 1 fully saturated rings. The third-order valence-electron chi connectivity index (χ3n) is 1.96. The minimum Gasteiger partial charge on any atom is -0.460 e. The zero-order valence-corrected chi connectivity index (χ0v) is 6.39. The first-order valence-corrected chi connectivity index (χ1v) is 3.46. The average Bonchev–Trinajstić information content (AvgIpc) is 2.04. The van der Waals surface area contributed by atoms with E-state index in [0.29, 0.717) is 13.0 Å². The van der Waals surface area contributed by atoms with Crippen LogP contribution in [-0.2, 0) is 9.53 Å². The maximum atomic E-state index is 10.8. The molecular formula is C7H13NO2. The van der Waals surface area contributed by atoms with E-state index >= 15 is 0 Å². The lowest BCUT2D eigenvalue weighted by Gasteiger charge is -2.21. The van der Waals surface area contributed by atoms with Gasteiger partial charge in [-0.25, -0.2) is 0 Å². The monoisotopic (exact) mass is 143 g/mol. The van der Waals surface area contributed by atoms with Crippen molar-refractivity contribution in [1.82, 2.24) is 0 Å². The highest BCUT2D eigenvalue weighted by Gasteiger charge is 2.40. The van der Waals surface area contributed by atoms with Gasteiger partial charge in [0.2, 0.25) is 0 Å². The van der Waals surface area contributed by atoms with Crippen LogP contribution in [-0.4, -0.2) is 18.6 Å². The molecule has 1 saturated heterocycles. The van der Waals surface area contributed by atoms with Crippen LogP contribution in [0, 0.1) is 5.41 Å². The Balaban J connectivity index is 2.67. The molecule has 10 heavy (non-hydrogen) atoms. The fraction of sp³-hybridized carbons (Fsp3) is 0.857. The molecule has 2 N–H and O–H groups in total. The maximum Gasteiger partial charge on any atom is 0.306 e. The van der Waals surface area contributed by atoms with Crippen LogP contribution in [0.25, 0.3) is 0 Å². The van der Waals surface area contributed by atoms with Gasteiger partial charge in [-0.15, -0.1) is 0 Å². The van der Waals surface area contributed by atoms with Crippen molar-refractivity contribution in [3.05, 3.63) is 0 Å². The van der Waals surface area contributed by atoms with Crippen molar-refractivity contribution in [1.29, 1.82) is 0 Å². The molecule has 1 unspecified atom stereocenters. The highest BCUT2D eigenvalue weighted by Crippen LogP contribution is 2.33. The summed E-state index contributed by atoms with van der Waals surface area (Å²) in [5, 5.41) is 0. The van der Waals surface area contributed by atoms with Gasteiger partial charge < -0.3 is 10.5 Å². The number of nitrogens with two attached hydrogens (primary N) is 1. The lowest BCUT2D eigenvalue weighted by atomic mass is 9.86. The second-order valence-corrected chi connectivity index (χ2v) is 3.38. The zero-order valence-electron chi connectivity index (χ0n) is 6.39. The molecule has 58 valence electrons. The van der Waals surface area contributed by atoms with E-state index in [0.717, 1.165) is 0 Å². The van der Waals surface area contributed by atoms with Crippen LogP contribution in [0.1, 0.15) is 20.3 Å². The second-order valence-electron chi connectivity index (χ2n) is 3.38. The van der Waals surface area contributed by atoms with Gasteiger partial charge in [-0.1, -0.05) is 13.8 Å². The molecule has 3 heteroatoms. The van der Waals surface area contributed by atoms with Crippen LogP contribution in [0.2, 0.25) is 0 Å². The van der Waals surface area contributed by atoms with Gasteiger partial charge in [0.15, 0.2) is 0 Å². The predicted octanol–water partition coefficient (Wildman–Crippen LogP) is 0.287. The predicted molar refractivity (Wildman–Crippen MR) is 37.3 cm³/mol. The number of hydrogen-bond donors (Lipinski definition) is 1. The van der Waals surface area contributed by atoms with Gasteiger partial charge in [-0.05, 0) is 0 Å². The van der Waals surface area contributed by atoms with Crippen molar-refractivity contribution in [3.8, 4) is 0 Å². The number of carbonyl (C=O) groups excluding carboxylic acids is 1. The molecule has 0 bridgehead atoms. The molecule has 0 amide bonds. The molecule has 1 aliphatic rings. The van der Waals surface area contributed by atoms with Gasteiger partial charge in [0, 0.05) is 12.0 Å². The summed E-state index contributed by atoms with van der Waals surface area (Å²) in [5.74, 6) is -0.125. The molecule has 0 aromatic rings. The Morgan fingerprint density at radius 3 is 2.60 bits per heavy atom. The highest BCUT2D eigenvalue weighted by molar-refractivity contribution is 5.72. The number of ether oxygens (including phenoxy) is 1. The van der Waals surface area contributed by atoms with Crippen LogP contribution >= 0.6 is 0 Å². The standard InChI is InChI=1S/C7H13NO2/c1-7(2)3-6(9)10-5(7)4-8/h5H,3-4,8H2,1-2H3. The first-order chi connectivity index (χ1) is 4.56.